The summed E-state index contributed by atoms with van der Waals surface area (Å²) in [4.78, 5) is 20.8. The van der Waals surface area contributed by atoms with Crippen LogP contribution in [0.5, 0.6) is 5.75 Å². The lowest BCUT2D eigenvalue weighted by Crippen LogP contribution is -2.46. The molecule has 0 bridgehead atoms. The Hall–Kier alpha value is -3.52. The fourth-order valence-electron chi connectivity index (χ4n) is 3.82. The number of carbonyl (C=O) groups is 1. The summed E-state index contributed by atoms with van der Waals surface area (Å²) < 4.78 is 5.35. The monoisotopic (exact) mass is 447 g/mol. The van der Waals surface area contributed by atoms with Gasteiger partial charge in [-0.1, -0.05) is 24.3 Å². The highest BCUT2D eigenvalue weighted by Crippen LogP contribution is 2.27. The van der Waals surface area contributed by atoms with Crippen LogP contribution in [0.15, 0.2) is 54.9 Å². The molecular formula is C25H29N5O3. The minimum absolute atomic E-state index is 0.162. The third-order valence-corrected chi connectivity index (χ3v) is 5.40. The van der Waals surface area contributed by atoms with Gasteiger partial charge in [0.25, 0.3) is 0 Å². The fourth-order valence-corrected chi connectivity index (χ4v) is 3.82. The van der Waals surface area contributed by atoms with E-state index < -0.39 is 11.6 Å². The van der Waals surface area contributed by atoms with Crippen molar-refractivity contribution in [3.05, 3.63) is 66.1 Å². The maximum absolute atomic E-state index is 12.2. The number of rotatable bonds is 5. The molecule has 1 saturated heterocycles. The predicted octanol–water partition coefficient (Wildman–Crippen LogP) is 3.52. The number of carbonyl (C=O) groups excluding carboxylic acids is 1. The van der Waals surface area contributed by atoms with Crippen molar-refractivity contribution in [3.63, 3.8) is 0 Å². The van der Waals surface area contributed by atoms with E-state index in [0.717, 1.165) is 49.7 Å². The molecule has 2 aromatic heterocycles. The Balaban J connectivity index is 1.37. The summed E-state index contributed by atoms with van der Waals surface area (Å²) in [5.74, 6) is 0.454. The van der Waals surface area contributed by atoms with Crippen LogP contribution in [0.25, 0.3) is 11.1 Å². The first kappa shape index (κ1) is 22.7. The second-order valence-corrected chi connectivity index (χ2v) is 9.13. The summed E-state index contributed by atoms with van der Waals surface area (Å²) >= 11 is 0. The Kier molecular flexibility index (Phi) is 6.55. The molecule has 1 fully saturated rings. The molecule has 1 aromatic carbocycles. The van der Waals surface area contributed by atoms with Gasteiger partial charge in [0.15, 0.2) is 11.5 Å². The van der Waals surface area contributed by atoms with Gasteiger partial charge in [-0.05, 0) is 50.1 Å². The maximum atomic E-state index is 12.2. The Morgan fingerprint density at radius 3 is 2.45 bits per heavy atom. The first-order valence-corrected chi connectivity index (χ1v) is 11.1. The minimum Gasteiger partial charge on any atom is -0.506 e. The number of aromatic hydroxyl groups is 1. The van der Waals surface area contributed by atoms with E-state index in [1.807, 2.05) is 39.0 Å². The maximum Gasteiger partial charge on any atom is 0.359 e. The van der Waals surface area contributed by atoms with Gasteiger partial charge in [-0.15, -0.1) is 10.2 Å². The van der Waals surface area contributed by atoms with Gasteiger partial charge in [-0.25, -0.2) is 4.79 Å². The molecule has 3 heterocycles. The highest BCUT2D eigenvalue weighted by Gasteiger charge is 2.22. The highest BCUT2D eigenvalue weighted by molar-refractivity contribution is 5.87. The lowest BCUT2D eigenvalue weighted by molar-refractivity contribution is 0.00616. The molecule has 0 radical (unpaired) electrons. The van der Waals surface area contributed by atoms with E-state index in [9.17, 15) is 9.90 Å². The average molecular weight is 448 g/mol. The molecule has 4 rings (SSSR count). The second kappa shape index (κ2) is 9.54. The van der Waals surface area contributed by atoms with Gasteiger partial charge in [-0.3, -0.25) is 9.88 Å². The Bertz CT molecular complexity index is 1100. The van der Waals surface area contributed by atoms with Crippen LogP contribution in [-0.4, -0.2) is 62.9 Å². The number of piperazine rings is 1. The predicted molar refractivity (Wildman–Crippen MR) is 126 cm³/mol. The van der Waals surface area contributed by atoms with Crippen molar-refractivity contribution in [3.8, 4) is 16.9 Å². The van der Waals surface area contributed by atoms with Crippen LogP contribution in [0, 0.1) is 0 Å². The molecule has 0 aliphatic carbocycles. The number of hydrogen-bond acceptors (Lipinski definition) is 8. The molecule has 0 amide bonds. The zero-order chi connectivity index (χ0) is 23.4. The summed E-state index contributed by atoms with van der Waals surface area (Å²) in [6.45, 7) is 9.67. The van der Waals surface area contributed by atoms with E-state index in [1.165, 1.54) is 11.8 Å². The van der Waals surface area contributed by atoms with Crippen molar-refractivity contribution in [2.45, 2.75) is 32.9 Å². The number of aromatic nitrogens is 3. The molecule has 1 N–H and O–H groups in total. The van der Waals surface area contributed by atoms with Gasteiger partial charge in [0, 0.05) is 44.5 Å². The normalized spacial score (nSPS) is 14.8. The van der Waals surface area contributed by atoms with Crippen molar-refractivity contribution in [2.75, 3.05) is 31.1 Å². The number of esters is 1. The molecular weight excluding hydrogens is 418 g/mol. The van der Waals surface area contributed by atoms with E-state index in [2.05, 4.69) is 37.1 Å². The first-order chi connectivity index (χ1) is 15.8. The summed E-state index contributed by atoms with van der Waals surface area (Å²) in [5.41, 5.74) is 2.82. The standard InChI is InChI=1S/C25H29N5O3/c1-25(2,3)33-24(32)22-8-9-23(28-27-22)30-12-10-29(11-13-30)17-18-6-4-5-7-21(18)19-14-20(31)16-26-15-19/h4-9,14-16,31H,10-13,17H2,1-3H3. The molecule has 8 heteroatoms. The fraction of sp³-hybridized carbons (Fsp3) is 0.360. The van der Waals surface area contributed by atoms with Crippen LogP contribution in [-0.2, 0) is 11.3 Å². The summed E-state index contributed by atoms with van der Waals surface area (Å²) in [7, 11) is 0. The van der Waals surface area contributed by atoms with Crippen LogP contribution in [0.3, 0.4) is 0 Å². The van der Waals surface area contributed by atoms with Crippen molar-refractivity contribution >= 4 is 11.8 Å². The summed E-state index contributed by atoms with van der Waals surface area (Å²) in [5, 5.41) is 18.1. The third kappa shape index (κ3) is 5.84. The topological polar surface area (TPSA) is 91.7 Å². The lowest BCUT2D eigenvalue weighted by atomic mass is 10.0. The van der Waals surface area contributed by atoms with Gasteiger partial charge in [0.05, 0.1) is 6.20 Å². The molecule has 0 spiro atoms. The number of anilines is 1. The van der Waals surface area contributed by atoms with Crippen LogP contribution in [0.2, 0.25) is 0 Å². The first-order valence-electron chi connectivity index (χ1n) is 11.1. The number of nitrogens with zero attached hydrogens (tertiary/aromatic N) is 5. The quantitative estimate of drug-likeness (QED) is 0.594. The van der Waals surface area contributed by atoms with Crippen molar-refractivity contribution in [1.29, 1.82) is 0 Å². The third-order valence-electron chi connectivity index (χ3n) is 5.40. The zero-order valence-electron chi connectivity index (χ0n) is 19.2. The number of hydrogen-bond donors (Lipinski definition) is 1. The second-order valence-electron chi connectivity index (χ2n) is 9.13. The largest absolute Gasteiger partial charge is 0.506 e. The highest BCUT2D eigenvalue weighted by atomic mass is 16.6. The molecule has 33 heavy (non-hydrogen) atoms. The van der Waals surface area contributed by atoms with Crippen molar-refractivity contribution in [1.82, 2.24) is 20.1 Å². The van der Waals surface area contributed by atoms with Gasteiger partial charge in [0.2, 0.25) is 0 Å². The summed E-state index contributed by atoms with van der Waals surface area (Å²) in [6, 6.07) is 13.4. The SMILES string of the molecule is CC(C)(C)OC(=O)c1ccc(N2CCN(Cc3ccccc3-c3cncc(O)c3)CC2)nn1. The Morgan fingerprint density at radius 2 is 1.79 bits per heavy atom. The van der Waals surface area contributed by atoms with Crippen LogP contribution in [0.1, 0.15) is 36.8 Å². The molecule has 0 unspecified atom stereocenters. The summed E-state index contributed by atoms with van der Waals surface area (Å²) in [6.07, 6.45) is 3.21. The molecule has 3 aromatic rings. The molecule has 0 atom stereocenters. The van der Waals surface area contributed by atoms with Gasteiger partial charge >= 0.3 is 5.97 Å². The lowest BCUT2D eigenvalue weighted by Gasteiger charge is -2.35. The Labute approximate surface area is 193 Å². The van der Waals surface area contributed by atoms with Crippen molar-refractivity contribution < 1.29 is 14.6 Å². The Morgan fingerprint density at radius 1 is 1.03 bits per heavy atom. The average Bonchev–Trinajstić information content (AvgIpc) is 2.79. The number of ether oxygens (including phenoxy) is 1. The molecule has 1 aliphatic heterocycles. The van der Waals surface area contributed by atoms with E-state index in [1.54, 1.807) is 18.3 Å². The van der Waals surface area contributed by atoms with E-state index in [0.29, 0.717) is 0 Å². The van der Waals surface area contributed by atoms with Crippen LogP contribution < -0.4 is 4.90 Å². The molecule has 0 saturated carbocycles. The van der Waals surface area contributed by atoms with Crippen molar-refractivity contribution in [2.24, 2.45) is 0 Å². The van der Waals surface area contributed by atoms with E-state index >= 15 is 0 Å². The minimum atomic E-state index is -0.566. The van der Waals surface area contributed by atoms with E-state index in [-0.39, 0.29) is 11.4 Å². The van der Waals surface area contributed by atoms with Crippen LogP contribution in [0.4, 0.5) is 5.82 Å². The van der Waals surface area contributed by atoms with Gasteiger partial charge in [0.1, 0.15) is 11.4 Å². The smallest absolute Gasteiger partial charge is 0.359 e. The zero-order valence-corrected chi connectivity index (χ0v) is 19.2. The van der Waals surface area contributed by atoms with Gasteiger partial charge < -0.3 is 14.7 Å². The molecule has 8 nitrogen and oxygen atoms in total. The van der Waals surface area contributed by atoms with Gasteiger partial charge in [-0.2, -0.15) is 0 Å². The number of pyridine rings is 1. The molecule has 1 aliphatic rings. The number of benzene rings is 1. The molecule has 172 valence electrons. The van der Waals surface area contributed by atoms with E-state index in [4.69, 9.17) is 4.74 Å². The van der Waals surface area contributed by atoms with Crippen LogP contribution >= 0.6 is 0 Å².